The number of carboxylic acids is 1. The molecule has 2 N–H and O–H groups in total. The molecule has 1 aromatic heterocycles. The summed E-state index contributed by atoms with van der Waals surface area (Å²) < 4.78 is 1.33. The molecule has 2 rings (SSSR count). The molecule has 8 heteroatoms. The molecule has 0 fully saturated rings. The van der Waals surface area contributed by atoms with Crippen molar-refractivity contribution in [2.45, 2.75) is 6.54 Å². The monoisotopic (exact) mass is 280 g/mol. The van der Waals surface area contributed by atoms with Crippen LogP contribution in [0.4, 0.5) is 5.69 Å². The Balaban J connectivity index is 2.14. The molecule has 0 radical (unpaired) electrons. The van der Waals surface area contributed by atoms with Gasteiger partial charge in [-0.3, -0.25) is 4.79 Å². The van der Waals surface area contributed by atoms with Gasteiger partial charge in [0.2, 0.25) is 5.91 Å². The number of halogens is 1. The molecule has 1 aromatic carbocycles. The number of benzene rings is 1. The SMILES string of the molecule is O=C(Cn1cncn1)Nc1ccc(Cl)cc1C(=O)O. The number of hydrogen-bond donors (Lipinski definition) is 2. The zero-order chi connectivity index (χ0) is 13.8. The third-order valence-electron chi connectivity index (χ3n) is 2.26. The predicted molar refractivity (Wildman–Crippen MR) is 67.1 cm³/mol. The molecule has 2 aromatic rings. The zero-order valence-electron chi connectivity index (χ0n) is 9.58. The number of aromatic carboxylic acids is 1. The van der Waals surface area contributed by atoms with Crippen LogP contribution in [-0.2, 0) is 11.3 Å². The van der Waals surface area contributed by atoms with Crippen LogP contribution in [0, 0.1) is 0 Å². The van der Waals surface area contributed by atoms with Gasteiger partial charge in [-0.25, -0.2) is 14.5 Å². The molecule has 0 saturated heterocycles. The summed E-state index contributed by atoms with van der Waals surface area (Å²) in [6.07, 6.45) is 2.69. The highest BCUT2D eigenvalue weighted by Gasteiger charge is 2.13. The third-order valence-corrected chi connectivity index (χ3v) is 2.49. The molecule has 7 nitrogen and oxygen atoms in total. The van der Waals surface area contributed by atoms with Crippen molar-refractivity contribution in [3.63, 3.8) is 0 Å². The van der Waals surface area contributed by atoms with Gasteiger partial charge in [-0.05, 0) is 18.2 Å². The van der Waals surface area contributed by atoms with Crippen LogP contribution in [0.1, 0.15) is 10.4 Å². The van der Waals surface area contributed by atoms with Crippen molar-refractivity contribution in [3.05, 3.63) is 41.4 Å². The standard InChI is InChI=1S/C11H9ClN4O3/c12-7-1-2-9(8(3-7)11(18)19)15-10(17)4-16-6-13-5-14-16/h1-3,5-6H,4H2,(H,15,17)(H,18,19). The fourth-order valence-electron chi connectivity index (χ4n) is 1.45. The summed E-state index contributed by atoms with van der Waals surface area (Å²) in [5.74, 6) is -1.58. The molecule has 0 aliphatic heterocycles. The van der Waals surface area contributed by atoms with Gasteiger partial charge in [0.05, 0.1) is 11.3 Å². The van der Waals surface area contributed by atoms with Gasteiger partial charge in [0.25, 0.3) is 0 Å². The van der Waals surface area contributed by atoms with E-state index < -0.39 is 11.9 Å². The minimum Gasteiger partial charge on any atom is -0.478 e. The van der Waals surface area contributed by atoms with Gasteiger partial charge in [-0.15, -0.1) is 0 Å². The fraction of sp³-hybridized carbons (Fsp3) is 0.0909. The van der Waals surface area contributed by atoms with Crippen molar-refractivity contribution in [2.24, 2.45) is 0 Å². The van der Waals surface area contributed by atoms with Gasteiger partial charge in [0, 0.05) is 5.02 Å². The Kier molecular flexibility index (Phi) is 3.76. The third kappa shape index (κ3) is 3.29. The van der Waals surface area contributed by atoms with E-state index in [1.165, 1.54) is 35.5 Å². The van der Waals surface area contributed by atoms with Crippen LogP contribution < -0.4 is 5.32 Å². The minimum atomic E-state index is -1.17. The second-order valence-electron chi connectivity index (χ2n) is 3.64. The first-order valence-electron chi connectivity index (χ1n) is 5.21. The zero-order valence-corrected chi connectivity index (χ0v) is 10.3. The van der Waals surface area contributed by atoms with Crippen molar-refractivity contribution in [1.82, 2.24) is 14.8 Å². The van der Waals surface area contributed by atoms with Crippen LogP contribution in [0.3, 0.4) is 0 Å². The number of carbonyl (C=O) groups excluding carboxylic acids is 1. The number of carbonyl (C=O) groups is 2. The number of aromatic nitrogens is 3. The quantitative estimate of drug-likeness (QED) is 0.879. The Bertz CT molecular complexity index is 612. The van der Waals surface area contributed by atoms with E-state index in [-0.39, 0.29) is 22.8 Å². The summed E-state index contributed by atoms with van der Waals surface area (Å²) in [6.45, 7) is -0.0539. The first kappa shape index (κ1) is 13.0. The lowest BCUT2D eigenvalue weighted by atomic mass is 10.2. The molecule has 0 aliphatic carbocycles. The van der Waals surface area contributed by atoms with E-state index in [1.54, 1.807) is 0 Å². The average Bonchev–Trinajstić information content (AvgIpc) is 2.83. The van der Waals surface area contributed by atoms with Crippen LogP contribution >= 0.6 is 11.6 Å². The van der Waals surface area contributed by atoms with Gasteiger partial charge in [-0.2, -0.15) is 5.10 Å². The predicted octanol–water partition coefficient (Wildman–Crippen LogP) is 1.27. The summed E-state index contributed by atoms with van der Waals surface area (Å²) in [6, 6.07) is 4.21. The first-order chi connectivity index (χ1) is 9.06. The molecule has 0 saturated carbocycles. The fourth-order valence-corrected chi connectivity index (χ4v) is 1.63. The maximum Gasteiger partial charge on any atom is 0.337 e. The second kappa shape index (κ2) is 5.49. The van der Waals surface area contributed by atoms with E-state index in [1.807, 2.05) is 0 Å². The Labute approximate surface area is 112 Å². The lowest BCUT2D eigenvalue weighted by Crippen LogP contribution is -2.20. The number of rotatable bonds is 4. The van der Waals surface area contributed by atoms with Crippen LogP contribution in [0.15, 0.2) is 30.9 Å². The van der Waals surface area contributed by atoms with Crippen molar-refractivity contribution < 1.29 is 14.7 Å². The van der Waals surface area contributed by atoms with E-state index in [2.05, 4.69) is 15.4 Å². The smallest absolute Gasteiger partial charge is 0.337 e. The summed E-state index contributed by atoms with van der Waals surface area (Å²) >= 11 is 5.71. The number of amides is 1. The normalized spacial score (nSPS) is 10.2. The highest BCUT2D eigenvalue weighted by molar-refractivity contribution is 6.31. The molecule has 0 atom stereocenters. The van der Waals surface area contributed by atoms with E-state index >= 15 is 0 Å². The van der Waals surface area contributed by atoms with E-state index in [4.69, 9.17) is 16.7 Å². The van der Waals surface area contributed by atoms with Gasteiger partial charge in [0.15, 0.2) is 0 Å². The molecule has 0 unspecified atom stereocenters. The van der Waals surface area contributed by atoms with Gasteiger partial charge >= 0.3 is 5.97 Å². The maximum atomic E-state index is 11.7. The van der Waals surface area contributed by atoms with Gasteiger partial charge in [0.1, 0.15) is 19.2 Å². The van der Waals surface area contributed by atoms with Crippen molar-refractivity contribution in [2.75, 3.05) is 5.32 Å². The number of nitrogens with one attached hydrogen (secondary N) is 1. The van der Waals surface area contributed by atoms with E-state index in [0.717, 1.165) is 0 Å². The molecule has 1 amide bonds. The van der Waals surface area contributed by atoms with Crippen LogP contribution in [0.2, 0.25) is 5.02 Å². The molecular formula is C11H9ClN4O3. The van der Waals surface area contributed by atoms with Gasteiger partial charge in [-0.1, -0.05) is 11.6 Å². The lowest BCUT2D eigenvalue weighted by molar-refractivity contribution is -0.116. The summed E-state index contributed by atoms with van der Waals surface area (Å²) in [4.78, 5) is 26.4. The first-order valence-corrected chi connectivity index (χ1v) is 5.59. The molecule has 0 spiro atoms. The van der Waals surface area contributed by atoms with Crippen LogP contribution in [0.5, 0.6) is 0 Å². The largest absolute Gasteiger partial charge is 0.478 e. The molecule has 98 valence electrons. The number of anilines is 1. The molecular weight excluding hydrogens is 272 g/mol. The topological polar surface area (TPSA) is 97.1 Å². The van der Waals surface area contributed by atoms with Crippen molar-refractivity contribution in [1.29, 1.82) is 0 Å². The van der Waals surface area contributed by atoms with Crippen LogP contribution in [0.25, 0.3) is 0 Å². The Morgan fingerprint density at radius 2 is 2.21 bits per heavy atom. The number of hydrogen-bond acceptors (Lipinski definition) is 4. The molecule has 0 aliphatic rings. The summed E-state index contributed by atoms with van der Waals surface area (Å²) in [5.41, 5.74) is 0.112. The minimum absolute atomic E-state index is 0.0539. The maximum absolute atomic E-state index is 11.7. The lowest BCUT2D eigenvalue weighted by Gasteiger charge is -2.08. The summed E-state index contributed by atoms with van der Waals surface area (Å²) in [5, 5.41) is 15.6. The molecule has 19 heavy (non-hydrogen) atoms. The second-order valence-corrected chi connectivity index (χ2v) is 4.07. The Morgan fingerprint density at radius 1 is 1.42 bits per heavy atom. The van der Waals surface area contributed by atoms with E-state index in [9.17, 15) is 9.59 Å². The Hall–Kier alpha value is -2.41. The van der Waals surface area contributed by atoms with Crippen LogP contribution in [-0.4, -0.2) is 31.7 Å². The Morgan fingerprint density at radius 3 is 2.84 bits per heavy atom. The number of nitrogens with zero attached hydrogens (tertiary/aromatic N) is 3. The molecule has 0 bridgehead atoms. The van der Waals surface area contributed by atoms with E-state index in [0.29, 0.717) is 0 Å². The highest BCUT2D eigenvalue weighted by atomic mass is 35.5. The summed E-state index contributed by atoms with van der Waals surface area (Å²) in [7, 11) is 0. The highest BCUT2D eigenvalue weighted by Crippen LogP contribution is 2.20. The number of carboxylic acid groups (broad SMARTS) is 1. The molecule has 1 heterocycles. The van der Waals surface area contributed by atoms with Crippen molar-refractivity contribution in [3.8, 4) is 0 Å². The van der Waals surface area contributed by atoms with Gasteiger partial charge < -0.3 is 10.4 Å². The average molecular weight is 281 g/mol. The van der Waals surface area contributed by atoms with Crippen molar-refractivity contribution >= 4 is 29.2 Å².